The molecule has 1 atom stereocenters. The molecule has 3 rings (SSSR count). The van der Waals surface area contributed by atoms with Crippen LogP contribution in [-0.2, 0) is 9.84 Å². The first-order chi connectivity index (χ1) is 11.7. The molecule has 1 aromatic heterocycles. The molecule has 1 N–H and O–H groups in total. The maximum Gasteiger partial charge on any atom is 0.152 e. The Morgan fingerprint density at radius 2 is 1.92 bits per heavy atom. The summed E-state index contributed by atoms with van der Waals surface area (Å²) < 4.78 is 51.0. The van der Waals surface area contributed by atoms with Crippen LogP contribution in [0.5, 0.6) is 0 Å². The van der Waals surface area contributed by atoms with Crippen LogP contribution < -0.4 is 10.2 Å². The summed E-state index contributed by atoms with van der Waals surface area (Å²) in [7, 11) is -1.28. The average molecular weight is 368 g/mol. The lowest BCUT2D eigenvalue weighted by molar-refractivity contribution is 0.590. The molecule has 1 fully saturated rings. The van der Waals surface area contributed by atoms with E-state index in [1.54, 1.807) is 24.9 Å². The Kier molecular flexibility index (Phi) is 4.59. The van der Waals surface area contributed by atoms with Crippen molar-refractivity contribution in [1.29, 1.82) is 0 Å². The average Bonchev–Trinajstić information content (AvgIpc) is 2.90. The summed E-state index contributed by atoms with van der Waals surface area (Å²) in [6.07, 6.45) is 0.520. The van der Waals surface area contributed by atoms with E-state index < -0.39 is 21.5 Å². The molecule has 0 radical (unpaired) electrons. The van der Waals surface area contributed by atoms with Crippen molar-refractivity contribution in [3.63, 3.8) is 0 Å². The molecule has 9 heteroatoms. The fraction of sp³-hybridized carbons (Fsp3) is 0.375. The number of nitrogens with zero attached hydrogens (tertiary/aromatic N) is 3. The van der Waals surface area contributed by atoms with E-state index in [1.807, 2.05) is 0 Å². The molecule has 25 heavy (non-hydrogen) atoms. The summed E-state index contributed by atoms with van der Waals surface area (Å²) in [5.74, 6) is -0.104. The molecule has 1 aliphatic rings. The van der Waals surface area contributed by atoms with Gasteiger partial charge in [0.05, 0.1) is 11.5 Å². The second-order valence-electron chi connectivity index (χ2n) is 6.05. The van der Waals surface area contributed by atoms with Gasteiger partial charge in [0.15, 0.2) is 9.84 Å². The lowest BCUT2D eigenvalue weighted by atomic mass is 10.2. The molecule has 2 heterocycles. The lowest BCUT2D eigenvalue weighted by Gasteiger charge is -2.25. The summed E-state index contributed by atoms with van der Waals surface area (Å²) in [6, 6.07) is 4.94. The zero-order chi connectivity index (χ0) is 18.2. The molecule has 134 valence electrons. The third kappa shape index (κ3) is 3.87. The lowest BCUT2D eigenvalue weighted by Crippen LogP contribution is -2.33. The number of halogens is 2. The number of sulfone groups is 1. The van der Waals surface area contributed by atoms with Crippen LogP contribution in [0.25, 0.3) is 0 Å². The summed E-state index contributed by atoms with van der Waals surface area (Å²) in [5, 5.41) is 2.64. The van der Waals surface area contributed by atoms with Crippen LogP contribution in [0, 0.1) is 18.6 Å². The third-order valence-corrected chi connectivity index (χ3v) is 5.91. The molecule has 1 aliphatic heterocycles. The Hall–Kier alpha value is -2.29. The van der Waals surface area contributed by atoms with Gasteiger partial charge in [-0.25, -0.2) is 27.2 Å². The number of nitrogens with one attached hydrogen (secondary N) is 1. The van der Waals surface area contributed by atoms with Gasteiger partial charge < -0.3 is 10.2 Å². The van der Waals surface area contributed by atoms with E-state index in [1.165, 1.54) is 6.07 Å². The highest BCUT2D eigenvalue weighted by Crippen LogP contribution is 2.26. The summed E-state index contributed by atoms with van der Waals surface area (Å²) in [5.41, 5.74) is -0.294. The normalized spacial score (nSPS) is 19.0. The van der Waals surface area contributed by atoms with E-state index in [2.05, 4.69) is 15.3 Å². The number of rotatable bonds is 4. The van der Waals surface area contributed by atoms with E-state index in [0.29, 0.717) is 18.1 Å². The van der Waals surface area contributed by atoms with E-state index in [9.17, 15) is 17.2 Å². The zero-order valence-corrected chi connectivity index (χ0v) is 14.6. The van der Waals surface area contributed by atoms with E-state index >= 15 is 0 Å². The van der Waals surface area contributed by atoms with Crippen LogP contribution in [0.1, 0.15) is 12.2 Å². The van der Waals surface area contributed by atoms with Crippen LogP contribution in [0.3, 0.4) is 0 Å². The maximum atomic E-state index is 13.8. The predicted octanol–water partition coefficient (Wildman–Crippen LogP) is 2.43. The van der Waals surface area contributed by atoms with Gasteiger partial charge in [-0.15, -0.1) is 0 Å². The quantitative estimate of drug-likeness (QED) is 0.893. The van der Waals surface area contributed by atoms with Crippen LogP contribution in [0.2, 0.25) is 0 Å². The molecular formula is C16H18F2N4O2S. The molecule has 1 saturated heterocycles. The Labute approximate surface area is 144 Å². The standard InChI is InChI=1S/C16H18F2N4O2S/c1-10-19-14(21-16-12(17)4-3-5-13(16)18)8-15(20-10)22(2)11-6-7-25(23,24)9-11/h3-5,8,11H,6-7,9H2,1-2H3,(H,19,20,21). The van der Waals surface area contributed by atoms with Gasteiger partial charge in [-0.1, -0.05) is 6.07 Å². The SMILES string of the molecule is Cc1nc(Nc2c(F)cccc2F)cc(N(C)C2CCS(=O)(=O)C2)n1. The van der Waals surface area contributed by atoms with Gasteiger partial charge >= 0.3 is 0 Å². The summed E-state index contributed by atoms with van der Waals surface area (Å²) >= 11 is 0. The van der Waals surface area contributed by atoms with Gasteiger partial charge in [-0.05, 0) is 25.5 Å². The number of aromatic nitrogens is 2. The number of para-hydroxylation sites is 1. The third-order valence-electron chi connectivity index (χ3n) is 4.16. The number of benzene rings is 1. The molecule has 1 unspecified atom stereocenters. The first kappa shape index (κ1) is 17.5. The van der Waals surface area contributed by atoms with Crippen LogP contribution in [-0.4, -0.2) is 43.0 Å². The summed E-state index contributed by atoms with van der Waals surface area (Å²) in [6.45, 7) is 1.66. The van der Waals surface area contributed by atoms with Gasteiger partial charge in [0.25, 0.3) is 0 Å². The van der Waals surface area contributed by atoms with Crippen molar-refractivity contribution in [3.05, 3.63) is 41.7 Å². The molecule has 0 aliphatic carbocycles. The largest absolute Gasteiger partial charge is 0.355 e. The molecular weight excluding hydrogens is 350 g/mol. The molecule has 6 nitrogen and oxygen atoms in total. The molecule has 0 spiro atoms. The van der Waals surface area contributed by atoms with Gasteiger partial charge in [0, 0.05) is 19.2 Å². The fourth-order valence-corrected chi connectivity index (χ4v) is 4.58. The second-order valence-corrected chi connectivity index (χ2v) is 8.28. The van der Waals surface area contributed by atoms with Gasteiger partial charge in [0.2, 0.25) is 0 Å². The minimum Gasteiger partial charge on any atom is -0.355 e. The summed E-state index contributed by atoms with van der Waals surface area (Å²) in [4.78, 5) is 10.2. The Morgan fingerprint density at radius 1 is 1.24 bits per heavy atom. The topological polar surface area (TPSA) is 75.2 Å². The van der Waals surface area contributed by atoms with Gasteiger partial charge in [-0.2, -0.15) is 0 Å². The Bertz CT molecular complexity index is 885. The smallest absolute Gasteiger partial charge is 0.152 e. The van der Waals surface area contributed by atoms with Crippen molar-refractivity contribution >= 4 is 27.2 Å². The Balaban J connectivity index is 1.88. The maximum absolute atomic E-state index is 13.8. The molecule has 2 aromatic rings. The molecule has 0 amide bonds. The highest BCUT2D eigenvalue weighted by molar-refractivity contribution is 7.91. The number of hydrogen-bond donors (Lipinski definition) is 1. The van der Waals surface area contributed by atoms with Gasteiger partial charge in [-0.3, -0.25) is 0 Å². The molecule has 0 bridgehead atoms. The number of anilines is 3. The van der Waals surface area contributed by atoms with Crippen LogP contribution >= 0.6 is 0 Å². The molecule has 0 saturated carbocycles. The zero-order valence-electron chi connectivity index (χ0n) is 13.8. The number of hydrogen-bond acceptors (Lipinski definition) is 6. The number of aryl methyl sites for hydroxylation is 1. The first-order valence-electron chi connectivity index (χ1n) is 7.75. The van der Waals surface area contributed by atoms with Crippen molar-refractivity contribution < 1.29 is 17.2 Å². The van der Waals surface area contributed by atoms with Crippen molar-refractivity contribution in [2.45, 2.75) is 19.4 Å². The van der Waals surface area contributed by atoms with Crippen LogP contribution in [0.15, 0.2) is 24.3 Å². The van der Waals surface area contributed by atoms with Crippen molar-refractivity contribution in [1.82, 2.24) is 9.97 Å². The Morgan fingerprint density at radius 3 is 2.52 bits per heavy atom. The first-order valence-corrected chi connectivity index (χ1v) is 9.57. The highest BCUT2D eigenvalue weighted by Gasteiger charge is 2.31. The van der Waals surface area contributed by atoms with Crippen LogP contribution in [0.4, 0.5) is 26.1 Å². The van der Waals surface area contributed by atoms with E-state index in [4.69, 9.17) is 0 Å². The predicted molar refractivity (Wildman–Crippen MR) is 91.9 cm³/mol. The monoisotopic (exact) mass is 368 g/mol. The minimum atomic E-state index is -3.03. The van der Waals surface area contributed by atoms with E-state index in [0.717, 1.165) is 12.1 Å². The van der Waals surface area contributed by atoms with Gasteiger partial charge in [0.1, 0.15) is 34.8 Å². The second kappa shape index (κ2) is 6.55. The van der Waals surface area contributed by atoms with Crippen molar-refractivity contribution in [3.8, 4) is 0 Å². The van der Waals surface area contributed by atoms with Crippen molar-refractivity contribution in [2.24, 2.45) is 0 Å². The van der Waals surface area contributed by atoms with Crippen molar-refractivity contribution in [2.75, 3.05) is 28.8 Å². The minimum absolute atomic E-state index is 0.0667. The highest BCUT2D eigenvalue weighted by atomic mass is 32.2. The molecule has 1 aromatic carbocycles. The van der Waals surface area contributed by atoms with E-state index in [-0.39, 0.29) is 29.1 Å². The fourth-order valence-electron chi connectivity index (χ4n) is 2.81.